The second-order valence-corrected chi connectivity index (χ2v) is 13.1. The molecule has 5 aromatic heterocycles. The molecule has 0 saturated heterocycles. The summed E-state index contributed by atoms with van der Waals surface area (Å²) in [6.45, 7) is 0. The van der Waals surface area contributed by atoms with Crippen molar-refractivity contribution < 1.29 is 0 Å². The molecule has 0 atom stereocenters. The minimum absolute atomic E-state index is 1.24. The number of hydrogen-bond acceptors (Lipinski definition) is 5. The highest BCUT2D eigenvalue weighted by atomic mass is 32.1. The minimum atomic E-state index is 1.24. The molecular weight excluding hydrogens is 497 g/mol. The third-order valence-electron chi connectivity index (χ3n) is 5.57. The first-order valence-corrected chi connectivity index (χ1v) is 14.7. The zero-order valence-electron chi connectivity index (χ0n) is 17.3. The Morgan fingerprint density at radius 1 is 0.394 bits per heavy atom. The lowest BCUT2D eigenvalue weighted by atomic mass is 10.2. The van der Waals surface area contributed by atoms with E-state index in [1.54, 1.807) is 0 Å². The summed E-state index contributed by atoms with van der Waals surface area (Å²) < 4.78 is 11.6. The number of hydrogen-bond donors (Lipinski definition) is 0. The zero-order valence-corrected chi connectivity index (χ0v) is 21.4. The number of fused-ring (bicyclic) bond motifs is 7. The Morgan fingerprint density at radius 2 is 0.818 bits per heavy atom. The van der Waals surface area contributed by atoms with Gasteiger partial charge in [-0.05, 0) is 35.4 Å². The van der Waals surface area contributed by atoms with Crippen LogP contribution in [0.3, 0.4) is 0 Å². The van der Waals surface area contributed by atoms with E-state index >= 15 is 0 Å². The van der Waals surface area contributed by atoms with Gasteiger partial charge in [0, 0.05) is 19.2 Å². The first-order chi connectivity index (χ1) is 16.3. The summed E-state index contributed by atoms with van der Waals surface area (Å²) in [7, 11) is 0. The van der Waals surface area contributed by atoms with Crippen LogP contribution in [0.25, 0.3) is 61.9 Å². The van der Waals surface area contributed by atoms with E-state index in [0.717, 1.165) is 0 Å². The van der Waals surface area contributed by atoms with Crippen LogP contribution in [0.4, 0.5) is 0 Å². The van der Waals surface area contributed by atoms with Crippen LogP contribution in [0.15, 0.2) is 72.8 Å². The van der Waals surface area contributed by atoms with Crippen LogP contribution in [0.2, 0.25) is 0 Å². The molecule has 0 amide bonds. The summed E-state index contributed by atoms with van der Waals surface area (Å²) >= 11 is 9.74. The van der Waals surface area contributed by atoms with Gasteiger partial charge in [-0.2, -0.15) is 0 Å². The largest absolute Gasteiger partial charge is 0.133 e. The van der Waals surface area contributed by atoms with Crippen molar-refractivity contribution in [2.45, 2.75) is 0 Å². The Morgan fingerprint density at radius 3 is 1.27 bits per heavy atom. The third-order valence-corrected chi connectivity index (χ3v) is 12.2. The number of thiophene rings is 5. The summed E-state index contributed by atoms with van der Waals surface area (Å²) in [5.41, 5.74) is 2.49. The van der Waals surface area contributed by atoms with Crippen LogP contribution in [0, 0.1) is 0 Å². The third kappa shape index (κ3) is 3.52. The van der Waals surface area contributed by atoms with Crippen molar-refractivity contribution >= 4 is 119 Å². The predicted molar refractivity (Wildman–Crippen MR) is 157 cm³/mol. The average Bonchev–Trinajstić information content (AvgIpc) is 3.62. The maximum absolute atomic E-state index is 2.35. The fourth-order valence-corrected chi connectivity index (χ4v) is 11.1. The first kappa shape index (κ1) is 19.9. The Hall–Kier alpha value is -2.54. The van der Waals surface area contributed by atoms with Gasteiger partial charge in [-0.15, -0.1) is 56.7 Å². The smallest absolute Gasteiger partial charge is 0.0651 e. The van der Waals surface area contributed by atoms with Crippen LogP contribution >= 0.6 is 56.7 Å². The van der Waals surface area contributed by atoms with Crippen molar-refractivity contribution in [2.75, 3.05) is 0 Å². The van der Waals surface area contributed by atoms with Gasteiger partial charge < -0.3 is 0 Å². The SMILES string of the molecule is C(=C\c1cc2sc3c(sc4c5sc(/C=C/c6ccccc6)cc5sc43)c2s1)/c1ccccc1. The Balaban J connectivity index is 1.27. The van der Waals surface area contributed by atoms with E-state index in [1.165, 1.54) is 58.5 Å². The molecule has 0 spiro atoms. The lowest BCUT2D eigenvalue weighted by Gasteiger charge is -1.90. The Labute approximate surface area is 211 Å². The molecule has 0 N–H and O–H groups in total. The fraction of sp³-hybridized carbons (Fsp3) is 0. The summed E-state index contributed by atoms with van der Waals surface area (Å²) in [5, 5.41) is 0. The van der Waals surface area contributed by atoms with Gasteiger partial charge in [0.2, 0.25) is 0 Å². The molecule has 0 aliphatic rings. The van der Waals surface area contributed by atoms with Gasteiger partial charge in [0.15, 0.2) is 0 Å². The van der Waals surface area contributed by atoms with Crippen molar-refractivity contribution in [1.82, 2.24) is 0 Å². The molecule has 33 heavy (non-hydrogen) atoms. The van der Waals surface area contributed by atoms with Crippen molar-refractivity contribution in [3.8, 4) is 0 Å². The molecule has 158 valence electrons. The van der Waals surface area contributed by atoms with E-state index < -0.39 is 0 Å². The quantitative estimate of drug-likeness (QED) is 0.220. The molecular formula is C28H16S5. The molecule has 0 fully saturated rings. The summed E-state index contributed by atoms with van der Waals surface area (Å²) in [6, 6.07) is 25.8. The molecule has 0 saturated carbocycles. The van der Waals surface area contributed by atoms with Gasteiger partial charge in [0.25, 0.3) is 0 Å². The van der Waals surface area contributed by atoms with Gasteiger partial charge in [-0.25, -0.2) is 0 Å². The van der Waals surface area contributed by atoms with E-state index in [1.807, 2.05) is 56.7 Å². The Kier molecular flexibility index (Phi) is 4.85. The van der Waals surface area contributed by atoms with Gasteiger partial charge in [0.05, 0.1) is 28.2 Å². The van der Waals surface area contributed by atoms with Crippen molar-refractivity contribution in [3.05, 3.63) is 93.7 Å². The Bertz CT molecular complexity index is 1660. The fourth-order valence-electron chi connectivity index (χ4n) is 4.01. The lowest BCUT2D eigenvalue weighted by Crippen LogP contribution is -1.67. The summed E-state index contributed by atoms with van der Waals surface area (Å²) in [4.78, 5) is 2.65. The second-order valence-electron chi connectivity index (χ2n) is 7.80. The minimum Gasteiger partial charge on any atom is -0.133 e. The van der Waals surface area contributed by atoms with Gasteiger partial charge in [-0.1, -0.05) is 72.8 Å². The molecule has 0 bridgehead atoms. The predicted octanol–water partition coefficient (Wildman–Crippen LogP) is 10.9. The van der Waals surface area contributed by atoms with Gasteiger partial charge >= 0.3 is 0 Å². The van der Waals surface area contributed by atoms with Gasteiger partial charge in [-0.3, -0.25) is 0 Å². The second kappa shape index (κ2) is 8.05. The highest BCUT2D eigenvalue weighted by Gasteiger charge is 2.19. The number of benzene rings is 2. The topological polar surface area (TPSA) is 0 Å². The van der Waals surface area contributed by atoms with Gasteiger partial charge in [0.1, 0.15) is 0 Å². The van der Waals surface area contributed by atoms with Crippen molar-refractivity contribution in [3.63, 3.8) is 0 Å². The lowest BCUT2D eigenvalue weighted by molar-refractivity contribution is 1.67. The zero-order chi connectivity index (χ0) is 21.8. The number of rotatable bonds is 4. The van der Waals surface area contributed by atoms with Crippen LogP contribution < -0.4 is 0 Å². The highest BCUT2D eigenvalue weighted by Crippen LogP contribution is 2.53. The monoisotopic (exact) mass is 512 g/mol. The maximum Gasteiger partial charge on any atom is 0.0651 e. The molecule has 5 heteroatoms. The first-order valence-electron chi connectivity index (χ1n) is 10.6. The van der Waals surface area contributed by atoms with Crippen LogP contribution in [-0.2, 0) is 0 Å². The average molecular weight is 513 g/mol. The normalized spacial score (nSPS) is 12.6. The van der Waals surface area contributed by atoms with Crippen LogP contribution in [0.1, 0.15) is 20.9 Å². The molecule has 5 heterocycles. The standard InChI is InChI=1S/C28H16S5/c1-3-7-17(8-4-1)11-13-19-15-21-23(29-19)25-27(31-21)28-26(33-25)24-22(32-28)16-20(30-24)14-12-18-9-5-2-6-10-18/h1-16H/b13-11+,14-12+. The summed E-state index contributed by atoms with van der Waals surface area (Å²) in [6.07, 6.45) is 8.91. The molecule has 0 unspecified atom stereocenters. The van der Waals surface area contributed by atoms with Crippen molar-refractivity contribution in [2.24, 2.45) is 0 Å². The molecule has 0 nitrogen and oxygen atoms in total. The highest BCUT2D eigenvalue weighted by molar-refractivity contribution is 7.48. The van der Waals surface area contributed by atoms with E-state index in [2.05, 4.69) is 97.1 Å². The molecule has 0 aliphatic heterocycles. The molecule has 0 aliphatic carbocycles. The van der Waals surface area contributed by atoms with E-state index in [4.69, 9.17) is 0 Å². The van der Waals surface area contributed by atoms with E-state index in [0.29, 0.717) is 0 Å². The van der Waals surface area contributed by atoms with Crippen LogP contribution in [-0.4, -0.2) is 0 Å². The molecule has 7 aromatic rings. The molecule has 2 aromatic carbocycles. The van der Waals surface area contributed by atoms with Crippen molar-refractivity contribution in [1.29, 1.82) is 0 Å². The van der Waals surface area contributed by atoms with Crippen LogP contribution in [0.5, 0.6) is 0 Å². The molecule has 0 radical (unpaired) electrons. The maximum atomic E-state index is 2.35. The van der Waals surface area contributed by atoms with E-state index in [9.17, 15) is 0 Å². The summed E-state index contributed by atoms with van der Waals surface area (Å²) in [5.74, 6) is 0. The van der Waals surface area contributed by atoms with E-state index in [-0.39, 0.29) is 0 Å². The molecule has 7 rings (SSSR count).